The first-order valence-electron chi connectivity index (χ1n) is 6.32. The number of furan rings is 1. The molecule has 5 heteroatoms. The van der Waals surface area contributed by atoms with E-state index in [4.69, 9.17) is 4.42 Å². The molecular formula is C15H17NO3S. The minimum atomic E-state index is -1.42. The zero-order valence-electron chi connectivity index (χ0n) is 11.7. The molecule has 1 heterocycles. The van der Waals surface area contributed by atoms with Gasteiger partial charge in [0, 0.05) is 5.69 Å². The van der Waals surface area contributed by atoms with Crippen molar-refractivity contribution in [3.63, 3.8) is 0 Å². The van der Waals surface area contributed by atoms with Crippen LogP contribution in [0, 0.1) is 13.8 Å². The van der Waals surface area contributed by atoms with Gasteiger partial charge in [-0.2, -0.15) is 0 Å². The molecule has 0 spiro atoms. The first-order valence-corrected chi connectivity index (χ1v) is 7.53. The summed E-state index contributed by atoms with van der Waals surface area (Å²) in [5, 5.41) is 2.16. The van der Waals surface area contributed by atoms with E-state index in [2.05, 4.69) is 5.32 Å². The van der Waals surface area contributed by atoms with Gasteiger partial charge >= 0.3 is 0 Å². The second kappa shape index (κ2) is 6.05. The maximum atomic E-state index is 12.3. The average molecular weight is 291 g/mol. The van der Waals surface area contributed by atoms with Gasteiger partial charge in [-0.1, -0.05) is 18.2 Å². The van der Waals surface area contributed by atoms with Crippen LogP contribution in [0.1, 0.15) is 18.2 Å². The molecule has 106 valence electrons. The second-order valence-corrected chi connectivity index (χ2v) is 6.33. The molecule has 20 heavy (non-hydrogen) atoms. The number of carbonyl (C=O) groups excluding carboxylic acids is 1. The van der Waals surface area contributed by atoms with Gasteiger partial charge in [-0.25, -0.2) is 0 Å². The van der Waals surface area contributed by atoms with Crippen molar-refractivity contribution in [1.82, 2.24) is 0 Å². The number of aryl methyl sites for hydroxylation is 2. The van der Waals surface area contributed by atoms with Crippen LogP contribution in [0.4, 0.5) is 5.69 Å². The molecule has 1 amide bonds. The van der Waals surface area contributed by atoms with Crippen LogP contribution in [-0.2, 0) is 15.6 Å². The Balaban J connectivity index is 2.12. The third kappa shape index (κ3) is 2.99. The molecule has 0 bridgehead atoms. The molecular weight excluding hydrogens is 274 g/mol. The highest BCUT2D eigenvalue weighted by Gasteiger charge is 2.24. The maximum Gasteiger partial charge on any atom is 0.240 e. The van der Waals surface area contributed by atoms with E-state index in [0.717, 1.165) is 11.3 Å². The fourth-order valence-electron chi connectivity index (χ4n) is 1.82. The summed E-state index contributed by atoms with van der Waals surface area (Å²) in [6.45, 7) is 5.30. The minimum absolute atomic E-state index is 0.266. The van der Waals surface area contributed by atoms with Crippen LogP contribution in [0.2, 0.25) is 0 Å². The summed E-state index contributed by atoms with van der Waals surface area (Å²) < 4.78 is 17.5. The Labute approximate surface area is 120 Å². The topological polar surface area (TPSA) is 59.3 Å². The smallest absolute Gasteiger partial charge is 0.240 e. The van der Waals surface area contributed by atoms with Crippen molar-refractivity contribution >= 4 is 22.4 Å². The molecule has 2 aromatic rings. The second-order valence-electron chi connectivity index (χ2n) is 4.58. The Bertz CT molecular complexity index is 648. The molecule has 0 unspecified atom stereocenters. The molecule has 0 aliphatic rings. The number of carbonyl (C=O) groups is 1. The lowest BCUT2D eigenvalue weighted by Gasteiger charge is -2.13. The number of anilines is 1. The van der Waals surface area contributed by atoms with Crippen molar-refractivity contribution in [1.29, 1.82) is 0 Å². The number of para-hydroxylation sites is 1. The van der Waals surface area contributed by atoms with Gasteiger partial charge < -0.3 is 9.73 Å². The lowest BCUT2D eigenvalue weighted by atomic mass is 10.2. The number of amides is 1. The van der Waals surface area contributed by atoms with Crippen LogP contribution < -0.4 is 5.32 Å². The molecule has 0 saturated carbocycles. The number of hydrogen-bond acceptors (Lipinski definition) is 3. The molecule has 2 atom stereocenters. The molecule has 0 saturated heterocycles. The Morgan fingerprint density at radius 1 is 1.25 bits per heavy atom. The highest BCUT2D eigenvalue weighted by molar-refractivity contribution is 7.86. The molecule has 1 aromatic carbocycles. The van der Waals surface area contributed by atoms with E-state index in [1.807, 2.05) is 31.2 Å². The highest BCUT2D eigenvalue weighted by atomic mass is 32.2. The van der Waals surface area contributed by atoms with Crippen molar-refractivity contribution < 1.29 is 13.4 Å². The lowest BCUT2D eigenvalue weighted by molar-refractivity contribution is -0.115. The summed E-state index contributed by atoms with van der Waals surface area (Å²) in [5.74, 6) is 0.317. The van der Waals surface area contributed by atoms with Crippen LogP contribution in [0.15, 0.2) is 45.9 Å². The van der Waals surface area contributed by atoms with E-state index in [1.165, 1.54) is 6.26 Å². The predicted molar refractivity (Wildman–Crippen MR) is 79.1 cm³/mol. The normalized spacial score (nSPS) is 13.8. The fraction of sp³-hybridized carbons (Fsp3) is 0.267. The van der Waals surface area contributed by atoms with Crippen molar-refractivity contribution in [2.45, 2.75) is 30.9 Å². The number of nitrogens with one attached hydrogen (secondary N) is 1. The summed E-state index contributed by atoms with van der Waals surface area (Å²) in [5.41, 5.74) is 1.71. The summed E-state index contributed by atoms with van der Waals surface area (Å²) >= 11 is 0. The third-order valence-electron chi connectivity index (χ3n) is 3.12. The SMILES string of the molecule is Cc1ccccc1NC(=O)[C@@H](C)[S@](=O)c1ccoc1C. The van der Waals surface area contributed by atoms with Crippen LogP contribution in [0.25, 0.3) is 0 Å². The van der Waals surface area contributed by atoms with Crippen LogP contribution in [-0.4, -0.2) is 15.4 Å². The summed E-state index contributed by atoms with van der Waals surface area (Å²) in [6, 6.07) is 9.14. The molecule has 2 rings (SSSR count). The Morgan fingerprint density at radius 3 is 2.55 bits per heavy atom. The molecule has 0 aliphatic carbocycles. The molecule has 0 fully saturated rings. The fourth-order valence-corrected chi connectivity index (χ4v) is 2.97. The highest BCUT2D eigenvalue weighted by Crippen LogP contribution is 2.19. The van der Waals surface area contributed by atoms with Gasteiger partial charge in [0.05, 0.1) is 22.0 Å². The van der Waals surface area contributed by atoms with E-state index < -0.39 is 16.0 Å². The van der Waals surface area contributed by atoms with Gasteiger partial charge in [-0.15, -0.1) is 0 Å². The largest absolute Gasteiger partial charge is 0.468 e. The number of rotatable bonds is 4. The molecule has 0 aliphatic heterocycles. The Kier molecular flexibility index (Phi) is 4.39. The maximum absolute atomic E-state index is 12.3. The van der Waals surface area contributed by atoms with Gasteiger partial charge in [-0.05, 0) is 38.5 Å². The molecule has 1 N–H and O–H groups in total. The van der Waals surface area contributed by atoms with Crippen molar-refractivity contribution in [2.24, 2.45) is 0 Å². The molecule has 0 radical (unpaired) electrons. The first-order chi connectivity index (χ1) is 9.50. The molecule has 1 aromatic heterocycles. The van der Waals surface area contributed by atoms with Crippen molar-refractivity contribution in [2.75, 3.05) is 5.32 Å². The Morgan fingerprint density at radius 2 is 1.95 bits per heavy atom. The van der Waals surface area contributed by atoms with Crippen LogP contribution >= 0.6 is 0 Å². The monoisotopic (exact) mass is 291 g/mol. The quantitative estimate of drug-likeness (QED) is 0.942. The van der Waals surface area contributed by atoms with Crippen LogP contribution in [0.3, 0.4) is 0 Å². The first kappa shape index (κ1) is 14.5. The number of benzene rings is 1. The van der Waals surface area contributed by atoms with E-state index >= 15 is 0 Å². The van der Waals surface area contributed by atoms with E-state index in [0.29, 0.717) is 10.7 Å². The lowest BCUT2D eigenvalue weighted by Crippen LogP contribution is -2.29. The molecule has 4 nitrogen and oxygen atoms in total. The van der Waals surface area contributed by atoms with E-state index in [-0.39, 0.29) is 5.91 Å². The standard InChI is InChI=1S/C15H17NO3S/c1-10-6-4-5-7-13(10)16-15(17)12(3)20(18)14-8-9-19-11(14)2/h4-9,12H,1-3H3,(H,16,17)/t12-,20+/m1/s1. The minimum Gasteiger partial charge on any atom is -0.468 e. The van der Waals surface area contributed by atoms with Crippen molar-refractivity contribution in [3.05, 3.63) is 47.9 Å². The van der Waals surface area contributed by atoms with Gasteiger partial charge in [0.15, 0.2) is 0 Å². The van der Waals surface area contributed by atoms with Gasteiger partial charge in [-0.3, -0.25) is 9.00 Å². The predicted octanol–water partition coefficient (Wildman–Crippen LogP) is 3.03. The Hall–Kier alpha value is -1.88. The van der Waals surface area contributed by atoms with Gasteiger partial charge in [0.2, 0.25) is 5.91 Å². The third-order valence-corrected chi connectivity index (χ3v) is 4.83. The van der Waals surface area contributed by atoms with E-state index in [9.17, 15) is 9.00 Å². The van der Waals surface area contributed by atoms with Crippen LogP contribution in [0.5, 0.6) is 0 Å². The summed E-state index contributed by atoms with van der Waals surface area (Å²) in [6.07, 6.45) is 1.48. The summed E-state index contributed by atoms with van der Waals surface area (Å²) in [4.78, 5) is 12.7. The zero-order chi connectivity index (χ0) is 14.7. The van der Waals surface area contributed by atoms with Gasteiger partial charge in [0.25, 0.3) is 0 Å². The number of hydrogen-bond donors (Lipinski definition) is 1. The van der Waals surface area contributed by atoms with Gasteiger partial charge in [0.1, 0.15) is 11.0 Å². The average Bonchev–Trinajstić information content (AvgIpc) is 2.86. The van der Waals surface area contributed by atoms with E-state index in [1.54, 1.807) is 19.9 Å². The van der Waals surface area contributed by atoms with Crippen molar-refractivity contribution in [3.8, 4) is 0 Å². The zero-order valence-corrected chi connectivity index (χ0v) is 12.5. The summed E-state index contributed by atoms with van der Waals surface area (Å²) in [7, 11) is -1.42.